The van der Waals surface area contributed by atoms with Crippen LogP contribution in [0.15, 0.2) is 132 Å². The number of nitrogens with zero attached hydrogens (tertiary/aromatic N) is 1. The number of anilines is 2. The number of nitrogens with one attached hydrogen (secondary N) is 2. The number of fused-ring (bicyclic) bond motifs is 1. The maximum Gasteiger partial charge on any atom is 0.336 e. The molecule has 6 aromatic rings. The Hall–Kier alpha value is -5.25. The first-order chi connectivity index (χ1) is 21.5. The van der Waals surface area contributed by atoms with Gasteiger partial charge in [-0.05, 0) is 41.3 Å². The monoisotopic (exact) mass is 615 g/mol. The molecule has 0 aliphatic carbocycles. The van der Waals surface area contributed by atoms with Crippen LogP contribution in [0, 0.1) is 0 Å². The van der Waals surface area contributed by atoms with Crippen LogP contribution in [-0.4, -0.2) is 27.9 Å². The number of carbonyl (C=O) groups excluding carboxylic acids is 2. The van der Waals surface area contributed by atoms with E-state index >= 15 is 0 Å². The highest BCUT2D eigenvalue weighted by molar-refractivity contribution is 8.00. The zero-order valence-electron chi connectivity index (χ0n) is 23.1. The summed E-state index contributed by atoms with van der Waals surface area (Å²) >= 11 is 2.72. The molecule has 1 atom stereocenters. The number of aromatic carboxylic acids is 1. The minimum Gasteiger partial charge on any atom is -0.478 e. The summed E-state index contributed by atoms with van der Waals surface area (Å²) < 4.78 is 0. The van der Waals surface area contributed by atoms with Crippen LogP contribution in [0.25, 0.3) is 22.0 Å². The minimum atomic E-state index is -1.10. The van der Waals surface area contributed by atoms with Gasteiger partial charge >= 0.3 is 5.97 Å². The first kappa shape index (κ1) is 28.9. The molecule has 0 fully saturated rings. The molecule has 3 N–H and O–H groups in total. The first-order valence-electron chi connectivity index (χ1n) is 13.7. The maximum absolute atomic E-state index is 13.6. The van der Waals surface area contributed by atoms with Crippen molar-refractivity contribution in [2.45, 2.75) is 10.1 Å². The molecule has 0 aliphatic heterocycles. The molecule has 7 nitrogen and oxygen atoms in total. The largest absolute Gasteiger partial charge is 0.478 e. The fraction of sp³-hybridized carbons (Fsp3) is 0.0286. The van der Waals surface area contributed by atoms with Crippen LogP contribution in [0.2, 0.25) is 0 Å². The van der Waals surface area contributed by atoms with Crippen LogP contribution in [0.1, 0.15) is 31.5 Å². The van der Waals surface area contributed by atoms with Crippen molar-refractivity contribution in [2.24, 2.45) is 0 Å². The number of carboxylic acid groups (broad SMARTS) is 1. The molecule has 44 heavy (non-hydrogen) atoms. The predicted molar refractivity (Wildman–Crippen MR) is 177 cm³/mol. The molecule has 9 heteroatoms. The normalized spacial score (nSPS) is 11.5. The minimum absolute atomic E-state index is 0.0605. The molecule has 5 aromatic carbocycles. The van der Waals surface area contributed by atoms with Crippen LogP contribution in [-0.2, 0) is 4.79 Å². The Morgan fingerprint density at radius 3 is 2.16 bits per heavy atom. The molecule has 6 rings (SSSR count). The Balaban J connectivity index is 1.23. The van der Waals surface area contributed by atoms with Crippen molar-refractivity contribution in [3.8, 4) is 11.3 Å². The van der Waals surface area contributed by atoms with Crippen LogP contribution in [0.4, 0.5) is 10.8 Å². The second-order valence-electron chi connectivity index (χ2n) is 9.80. The van der Waals surface area contributed by atoms with E-state index in [4.69, 9.17) is 0 Å². The van der Waals surface area contributed by atoms with Crippen molar-refractivity contribution >= 4 is 62.5 Å². The van der Waals surface area contributed by atoms with E-state index in [1.54, 1.807) is 48.5 Å². The van der Waals surface area contributed by atoms with Crippen molar-refractivity contribution in [1.29, 1.82) is 0 Å². The van der Waals surface area contributed by atoms with Gasteiger partial charge in [0.2, 0.25) is 5.91 Å². The number of rotatable bonds is 9. The van der Waals surface area contributed by atoms with Gasteiger partial charge in [0, 0.05) is 32.5 Å². The average molecular weight is 616 g/mol. The lowest BCUT2D eigenvalue weighted by Crippen LogP contribution is -2.19. The predicted octanol–water partition coefficient (Wildman–Crippen LogP) is 8.39. The molecule has 216 valence electrons. The number of carbonyl (C=O) groups is 3. The number of amides is 2. The van der Waals surface area contributed by atoms with Crippen LogP contribution < -0.4 is 10.6 Å². The average Bonchev–Trinajstić information content (AvgIpc) is 3.52. The second kappa shape index (κ2) is 12.9. The molecule has 0 saturated heterocycles. The SMILES string of the molecule is O=C(O)c1cccc2cccc(C(=O)Nc3cccc(SC(C(=O)Nc4nc(-c5ccccc5)cs4)c4ccccc4)c3)c12. The summed E-state index contributed by atoms with van der Waals surface area (Å²) in [6.07, 6.45) is 0. The third-order valence-electron chi connectivity index (χ3n) is 6.87. The van der Waals surface area contributed by atoms with Crippen LogP contribution in [0.5, 0.6) is 0 Å². The van der Waals surface area contributed by atoms with Gasteiger partial charge in [0.1, 0.15) is 5.25 Å². The molecular weight excluding hydrogens is 591 g/mol. The van der Waals surface area contributed by atoms with Gasteiger partial charge in [-0.1, -0.05) is 91.0 Å². The van der Waals surface area contributed by atoms with Crippen molar-refractivity contribution in [1.82, 2.24) is 4.98 Å². The van der Waals surface area contributed by atoms with Crippen molar-refractivity contribution in [3.63, 3.8) is 0 Å². The summed E-state index contributed by atoms with van der Waals surface area (Å²) in [7, 11) is 0. The van der Waals surface area contributed by atoms with Gasteiger partial charge in [-0.2, -0.15) is 0 Å². The van der Waals surface area contributed by atoms with Gasteiger partial charge < -0.3 is 15.7 Å². The molecule has 0 aliphatic rings. The van der Waals surface area contributed by atoms with E-state index < -0.39 is 17.1 Å². The lowest BCUT2D eigenvalue weighted by molar-refractivity contribution is -0.115. The molecule has 1 aromatic heterocycles. The van der Waals surface area contributed by atoms with E-state index in [1.807, 2.05) is 72.1 Å². The summed E-state index contributed by atoms with van der Waals surface area (Å²) in [4.78, 5) is 44.3. The number of thiazole rings is 1. The molecule has 0 spiro atoms. The van der Waals surface area contributed by atoms with Gasteiger partial charge in [-0.25, -0.2) is 9.78 Å². The van der Waals surface area contributed by atoms with Crippen molar-refractivity contribution < 1.29 is 19.5 Å². The summed E-state index contributed by atoms with van der Waals surface area (Å²) in [6, 6.07) is 36.5. The van der Waals surface area contributed by atoms with Crippen LogP contribution in [0.3, 0.4) is 0 Å². The van der Waals surface area contributed by atoms with Crippen molar-refractivity contribution in [2.75, 3.05) is 10.6 Å². The summed E-state index contributed by atoms with van der Waals surface area (Å²) in [5.74, 6) is -1.75. The number of thioether (sulfide) groups is 1. The highest BCUT2D eigenvalue weighted by Crippen LogP contribution is 2.38. The number of hydrogen-bond acceptors (Lipinski definition) is 6. The molecule has 0 saturated carbocycles. The lowest BCUT2D eigenvalue weighted by Gasteiger charge is -2.17. The van der Waals surface area contributed by atoms with Crippen molar-refractivity contribution in [3.05, 3.63) is 143 Å². The summed E-state index contributed by atoms with van der Waals surface area (Å²) in [6.45, 7) is 0. The molecule has 2 amide bonds. The quantitative estimate of drug-likeness (QED) is 0.141. The van der Waals surface area contributed by atoms with Gasteiger partial charge in [0.15, 0.2) is 5.13 Å². The summed E-state index contributed by atoms with van der Waals surface area (Å²) in [5, 5.41) is 18.5. The molecule has 1 unspecified atom stereocenters. The smallest absolute Gasteiger partial charge is 0.336 e. The van der Waals surface area contributed by atoms with Crippen LogP contribution >= 0.6 is 23.1 Å². The summed E-state index contributed by atoms with van der Waals surface area (Å²) in [5.41, 5.74) is 3.43. The number of hydrogen-bond donors (Lipinski definition) is 3. The molecule has 0 bridgehead atoms. The maximum atomic E-state index is 13.6. The fourth-order valence-electron chi connectivity index (χ4n) is 4.83. The van der Waals surface area contributed by atoms with E-state index in [-0.39, 0.29) is 17.0 Å². The van der Waals surface area contributed by atoms with Gasteiger partial charge in [-0.15, -0.1) is 23.1 Å². The zero-order valence-corrected chi connectivity index (χ0v) is 24.8. The lowest BCUT2D eigenvalue weighted by atomic mass is 9.98. The van der Waals surface area contributed by atoms with E-state index in [0.717, 1.165) is 21.7 Å². The number of aromatic nitrogens is 1. The number of carboxylic acids is 1. The zero-order chi connectivity index (χ0) is 30.5. The highest BCUT2D eigenvalue weighted by Gasteiger charge is 2.24. The standard InChI is InChI=1S/C35H25N3O4S2/c39-32(27-18-7-14-23-15-8-19-28(30(23)27)34(41)42)36-25-16-9-17-26(20-25)44-31(24-12-5-2-6-13-24)33(40)38-35-37-29(21-43-35)22-10-3-1-4-11-22/h1-21,31H,(H,36,39)(H,41,42)(H,37,38,40). The highest BCUT2D eigenvalue weighted by atomic mass is 32.2. The van der Waals surface area contributed by atoms with E-state index in [0.29, 0.717) is 21.6 Å². The van der Waals surface area contributed by atoms with E-state index in [1.165, 1.54) is 29.2 Å². The fourth-order valence-corrected chi connectivity index (χ4v) is 6.64. The third-order valence-corrected chi connectivity index (χ3v) is 8.88. The second-order valence-corrected chi connectivity index (χ2v) is 11.8. The topological polar surface area (TPSA) is 108 Å². The Bertz CT molecular complexity index is 1970. The molecular formula is C35H25N3O4S2. The Labute approximate surface area is 261 Å². The third kappa shape index (κ3) is 6.39. The Morgan fingerprint density at radius 1 is 0.750 bits per heavy atom. The molecule has 1 heterocycles. The molecule has 0 radical (unpaired) electrons. The first-order valence-corrected chi connectivity index (χ1v) is 15.4. The van der Waals surface area contributed by atoms with E-state index in [9.17, 15) is 19.5 Å². The van der Waals surface area contributed by atoms with Gasteiger partial charge in [-0.3, -0.25) is 9.59 Å². The number of benzene rings is 5. The van der Waals surface area contributed by atoms with Gasteiger partial charge in [0.25, 0.3) is 5.91 Å². The Kier molecular flexibility index (Phi) is 8.49. The van der Waals surface area contributed by atoms with E-state index in [2.05, 4.69) is 15.6 Å². The van der Waals surface area contributed by atoms with Gasteiger partial charge in [0.05, 0.1) is 11.3 Å². The Morgan fingerprint density at radius 2 is 1.43 bits per heavy atom.